The van der Waals surface area contributed by atoms with Crippen molar-refractivity contribution in [3.8, 4) is 0 Å². The van der Waals surface area contributed by atoms with Gasteiger partial charge in [-0.25, -0.2) is 0 Å². The van der Waals surface area contributed by atoms with Crippen LogP contribution in [-0.2, 0) is 0 Å². The van der Waals surface area contributed by atoms with E-state index in [0.717, 1.165) is 10.9 Å². The van der Waals surface area contributed by atoms with Gasteiger partial charge in [0, 0.05) is 10.8 Å². The Kier molecular flexibility index (Phi) is 2.78. The van der Waals surface area contributed by atoms with Crippen LogP contribution in [0.2, 0.25) is 5.02 Å². The van der Waals surface area contributed by atoms with Gasteiger partial charge in [-0.05, 0) is 30.7 Å². The van der Waals surface area contributed by atoms with Gasteiger partial charge in [0.2, 0.25) is 5.78 Å². The van der Waals surface area contributed by atoms with E-state index in [-0.39, 0.29) is 5.78 Å². The van der Waals surface area contributed by atoms with Crippen LogP contribution in [-0.4, -0.2) is 5.78 Å². The van der Waals surface area contributed by atoms with Crippen LogP contribution in [0.25, 0.3) is 11.0 Å². The number of furan rings is 1. The zero-order chi connectivity index (χ0) is 12.8. The van der Waals surface area contributed by atoms with Gasteiger partial charge < -0.3 is 4.42 Å². The Morgan fingerprint density at radius 3 is 2.47 bits per heavy atom. The lowest BCUT2D eigenvalue weighted by Gasteiger charge is -2.13. The molecule has 0 spiro atoms. The van der Waals surface area contributed by atoms with E-state index in [2.05, 4.69) is 0 Å². The maximum atomic E-state index is 12.1. The van der Waals surface area contributed by atoms with E-state index in [1.54, 1.807) is 6.07 Å². The van der Waals surface area contributed by atoms with Crippen molar-refractivity contribution in [2.45, 2.75) is 27.7 Å². The number of ketones is 1. The van der Waals surface area contributed by atoms with Crippen LogP contribution in [0.5, 0.6) is 0 Å². The van der Waals surface area contributed by atoms with Crippen molar-refractivity contribution in [1.82, 2.24) is 0 Å². The van der Waals surface area contributed by atoms with E-state index >= 15 is 0 Å². The number of rotatable bonds is 1. The number of aryl methyl sites for hydroxylation is 1. The van der Waals surface area contributed by atoms with Crippen molar-refractivity contribution < 1.29 is 9.21 Å². The standard InChI is InChI=1S/C14H15ClO2/c1-8-5-9-7-11(13(16)14(2,3)4)17-12(9)10(15)6-8/h5-7H,1-4H3. The van der Waals surface area contributed by atoms with Crippen LogP contribution in [0.3, 0.4) is 0 Å². The van der Waals surface area contributed by atoms with E-state index in [0.29, 0.717) is 16.4 Å². The Hall–Kier alpha value is -1.28. The summed E-state index contributed by atoms with van der Waals surface area (Å²) in [6.07, 6.45) is 0. The molecule has 0 saturated carbocycles. The second-order valence-electron chi connectivity index (χ2n) is 5.35. The molecule has 0 unspecified atom stereocenters. The minimum atomic E-state index is -0.449. The predicted octanol–water partition coefficient (Wildman–Crippen LogP) is 4.62. The van der Waals surface area contributed by atoms with Crippen molar-refractivity contribution in [2.24, 2.45) is 5.41 Å². The van der Waals surface area contributed by atoms with Gasteiger partial charge in [0.1, 0.15) is 0 Å². The molecule has 1 aromatic heterocycles. The first-order valence-electron chi connectivity index (χ1n) is 5.53. The fourth-order valence-electron chi connectivity index (χ4n) is 1.73. The van der Waals surface area contributed by atoms with Crippen molar-refractivity contribution in [3.63, 3.8) is 0 Å². The van der Waals surface area contributed by atoms with Gasteiger partial charge in [0.15, 0.2) is 11.3 Å². The fraction of sp³-hybridized carbons (Fsp3) is 0.357. The summed E-state index contributed by atoms with van der Waals surface area (Å²) in [7, 11) is 0. The monoisotopic (exact) mass is 250 g/mol. The first kappa shape index (κ1) is 12.2. The lowest BCUT2D eigenvalue weighted by Crippen LogP contribution is -2.19. The summed E-state index contributed by atoms with van der Waals surface area (Å²) < 4.78 is 5.56. The summed E-state index contributed by atoms with van der Waals surface area (Å²) in [5.74, 6) is 0.363. The smallest absolute Gasteiger partial charge is 0.203 e. The van der Waals surface area contributed by atoms with Crippen LogP contribution in [0.4, 0.5) is 0 Å². The normalized spacial score (nSPS) is 12.1. The molecule has 2 nitrogen and oxygen atoms in total. The third kappa shape index (κ3) is 2.22. The Bertz CT molecular complexity index is 588. The number of carbonyl (C=O) groups excluding carboxylic acids is 1. The van der Waals surface area contributed by atoms with Crippen LogP contribution in [0, 0.1) is 12.3 Å². The van der Waals surface area contributed by atoms with Gasteiger partial charge in [0.25, 0.3) is 0 Å². The SMILES string of the molecule is Cc1cc(Cl)c2oc(C(=O)C(C)(C)C)cc2c1. The maximum Gasteiger partial charge on any atom is 0.203 e. The summed E-state index contributed by atoms with van der Waals surface area (Å²) in [5.41, 5.74) is 1.19. The average molecular weight is 251 g/mol. The molecule has 0 aliphatic carbocycles. The van der Waals surface area contributed by atoms with Gasteiger partial charge in [-0.1, -0.05) is 32.4 Å². The van der Waals surface area contributed by atoms with Gasteiger partial charge in [0.05, 0.1) is 5.02 Å². The number of benzene rings is 1. The number of Topliss-reactive ketones (excluding diaryl/α,β-unsaturated/α-hetero) is 1. The van der Waals surface area contributed by atoms with E-state index in [4.69, 9.17) is 16.0 Å². The van der Waals surface area contributed by atoms with Gasteiger partial charge in [-0.15, -0.1) is 0 Å². The molecule has 3 heteroatoms. The summed E-state index contributed by atoms with van der Waals surface area (Å²) >= 11 is 6.09. The highest BCUT2D eigenvalue weighted by atomic mass is 35.5. The number of hydrogen-bond acceptors (Lipinski definition) is 2. The number of fused-ring (bicyclic) bond motifs is 1. The molecule has 0 N–H and O–H groups in total. The Morgan fingerprint density at radius 2 is 1.88 bits per heavy atom. The molecule has 0 aliphatic heterocycles. The molecule has 0 bridgehead atoms. The molecule has 2 rings (SSSR count). The Morgan fingerprint density at radius 1 is 1.24 bits per heavy atom. The molecule has 17 heavy (non-hydrogen) atoms. The minimum absolute atomic E-state index is 0.0116. The molecule has 0 amide bonds. The van der Waals surface area contributed by atoms with Crippen molar-refractivity contribution in [3.05, 3.63) is 34.5 Å². The molecular weight excluding hydrogens is 236 g/mol. The molecule has 90 valence electrons. The summed E-state index contributed by atoms with van der Waals surface area (Å²) in [6.45, 7) is 7.57. The van der Waals surface area contributed by atoms with Gasteiger partial charge in [-0.2, -0.15) is 0 Å². The largest absolute Gasteiger partial charge is 0.451 e. The molecule has 1 heterocycles. The van der Waals surface area contributed by atoms with E-state index in [1.165, 1.54) is 0 Å². The third-order valence-corrected chi connectivity index (χ3v) is 2.90. The van der Waals surface area contributed by atoms with Crippen LogP contribution >= 0.6 is 11.6 Å². The van der Waals surface area contributed by atoms with Crippen LogP contribution in [0.1, 0.15) is 36.9 Å². The molecular formula is C14H15ClO2. The number of carbonyl (C=O) groups is 1. The highest BCUT2D eigenvalue weighted by molar-refractivity contribution is 6.35. The first-order valence-corrected chi connectivity index (χ1v) is 5.91. The molecule has 2 aromatic rings. The minimum Gasteiger partial charge on any atom is -0.451 e. The number of hydrogen-bond donors (Lipinski definition) is 0. The molecule has 0 radical (unpaired) electrons. The van der Waals surface area contributed by atoms with Crippen LogP contribution < -0.4 is 0 Å². The molecule has 0 fully saturated rings. The van der Waals surface area contributed by atoms with Crippen molar-refractivity contribution >= 4 is 28.4 Å². The molecule has 0 aliphatic rings. The Balaban J connectivity index is 2.60. The topological polar surface area (TPSA) is 30.2 Å². The first-order chi connectivity index (χ1) is 7.79. The molecule has 1 aromatic carbocycles. The summed E-state index contributed by atoms with van der Waals surface area (Å²) in [4.78, 5) is 12.1. The lowest BCUT2D eigenvalue weighted by atomic mass is 9.89. The van der Waals surface area contributed by atoms with Crippen LogP contribution in [0.15, 0.2) is 22.6 Å². The lowest BCUT2D eigenvalue weighted by molar-refractivity contribution is 0.0831. The van der Waals surface area contributed by atoms with Gasteiger partial charge >= 0.3 is 0 Å². The highest BCUT2D eigenvalue weighted by Gasteiger charge is 2.26. The summed E-state index contributed by atoms with van der Waals surface area (Å²) in [5, 5.41) is 1.43. The zero-order valence-corrected chi connectivity index (χ0v) is 11.2. The Labute approximate surface area is 106 Å². The van der Waals surface area contributed by atoms with E-state index < -0.39 is 5.41 Å². The van der Waals surface area contributed by atoms with Crippen molar-refractivity contribution in [1.29, 1.82) is 0 Å². The fourth-order valence-corrected chi connectivity index (χ4v) is 2.05. The third-order valence-electron chi connectivity index (χ3n) is 2.62. The van der Waals surface area contributed by atoms with Crippen molar-refractivity contribution in [2.75, 3.05) is 0 Å². The van der Waals surface area contributed by atoms with E-state index in [9.17, 15) is 4.79 Å². The predicted molar refractivity (Wildman–Crippen MR) is 69.7 cm³/mol. The molecule has 0 saturated heterocycles. The quantitative estimate of drug-likeness (QED) is 0.691. The number of halogens is 1. The summed E-state index contributed by atoms with van der Waals surface area (Å²) in [6, 6.07) is 5.56. The molecule has 0 atom stereocenters. The highest BCUT2D eigenvalue weighted by Crippen LogP contribution is 2.31. The average Bonchev–Trinajstić information content (AvgIpc) is 2.58. The second kappa shape index (κ2) is 3.88. The second-order valence-corrected chi connectivity index (χ2v) is 5.76. The van der Waals surface area contributed by atoms with E-state index in [1.807, 2.05) is 39.8 Å². The maximum absolute atomic E-state index is 12.1. The zero-order valence-electron chi connectivity index (χ0n) is 10.4. The van der Waals surface area contributed by atoms with Gasteiger partial charge in [-0.3, -0.25) is 4.79 Å².